The number of rotatable bonds is 6. The van der Waals surface area contributed by atoms with E-state index in [2.05, 4.69) is 0 Å². The van der Waals surface area contributed by atoms with E-state index in [1.165, 1.54) is 0 Å². The van der Waals surface area contributed by atoms with Gasteiger partial charge in [-0.3, -0.25) is 4.79 Å². The molecule has 0 atom stereocenters. The highest BCUT2D eigenvalue weighted by atomic mass is 35.5. The van der Waals surface area contributed by atoms with Crippen LogP contribution in [0.5, 0.6) is 5.75 Å². The van der Waals surface area contributed by atoms with Gasteiger partial charge < -0.3 is 4.74 Å². The van der Waals surface area contributed by atoms with Gasteiger partial charge in [0.05, 0.1) is 22.2 Å². The number of halogens is 2. The van der Waals surface area contributed by atoms with Gasteiger partial charge in [-0.1, -0.05) is 48.3 Å². The average molecular weight is 323 g/mol. The summed E-state index contributed by atoms with van der Waals surface area (Å²) in [5.74, 6) is 0.629. The largest absolute Gasteiger partial charge is 0.493 e. The topological polar surface area (TPSA) is 26.3 Å². The predicted octanol–water partition coefficient (Wildman–Crippen LogP) is 5.21. The van der Waals surface area contributed by atoms with E-state index in [-0.39, 0.29) is 12.2 Å². The summed E-state index contributed by atoms with van der Waals surface area (Å²) in [6.45, 7) is 2.62. The van der Waals surface area contributed by atoms with Gasteiger partial charge in [0.15, 0.2) is 5.78 Å². The van der Waals surface area contributed by atoms with Crippen molar-refractivity contribution in [2.45, 2.75) is 19.8 Å². The monoisotopic (exact) mass is 322 g/mol. The Morgan fingerprint density at radius 1 is 1.10 bits per heavy atom. The fraction of sp³-hybridized carbons (Fsp3) is 0.235. The number of ketones is 1. The third-order valence-corrected chi connectivity index (χ3v) is 3.74. The zero-order chi connectivity index (χ0) is 15.2. The number of ether oxygens (including phenoxy) is 1. The minimum absolute atomic E-state index is 0.0000853. The van der Waals surface area contributed by atoms with Crippen molar-refractivity contribution >= 4 is 29.0 Å². The number of hydrogen-bond acceptors (Lipinski definition) is 2. The van der Waals surface area contributed by atoms with Crippen molar-refractivity contribution in [3.63, 3.8) is 0 Å². The maximum atomic E-state index is 12.4. The second-order valence-corrected chi connectivity index (χ2v) is 5.51. The van der Waals surface area contributed by atoms with Crippen molar-refractivity contribution in [3.8, 4) is 5.75 Å². The third kappa shape index (κ3) is 4.23. The van der Waals surface area contributed by atoms with Gasteiger partial charge in [0.25, 0.3) is 0 Å². The molecule has 2 nitrogen and oxygen atoms in total. The Labute approximate surface area is 134 Å². The normalized spacial score (nSPS) is 10.4. The van der Waals surface area contributed by atoms with Crippen LogP contribution in [-0.4, -0.2) is 12.4 Å². The van der Waals surface area contributed by atoms with Crippen LogP contribution in [0.15, 0.2) is 42.5 Å². The van der Waals surface area contributed by atoms with E-state index in [4.69, 9.17) is 27.9 Å². The summed E-state index contributed by atoms with van der Waals surface area (Å²) in [5.41, 5.74) is 1.43. The van der Waals surface area contributed by atoms with Crippen LogP contribution in [0, 0.1) is 0 Å². The molecule has 0 unspecified atom stereocenters. The van der Waals surface area contributed by atoms with Crippen LogP contribution in [0.25, 0.3) is 0 Å². The lowest BCUT2D eigenvalue weighted by atomic mass is 10.0. The molecule has 0 saturated heterocycles. The second-order valence-electron chi connectivity index (χ2n) is 4.69. The van der Waals surface area contributed by atoms with Gasteiger partial charge in [-0.25, -0.2) is 0 Å². The maximum absolute atomic E-state index is 12.4. The average Bonchev–Trinajstić information content (AvgIpc) is 2.49. The molecule has 0 radical (unpaired) electrons. The molecule has 21 heavy (non-hydrogen) atoms. The zero-order valence-electron chi connectivity index (χ0n) is 11.7. The molecule has 0 aliphatic carbocycles. The van der Waals surface area contributed by atoms with E-state index in [1.54, 1.807) is 18.2 Å². The molecule has 0 N–H and O–H groups in total. The Morgan fingerprint density at radius 2 is 1.86 bits per heavy atom. The number of Topliss-reactive ketones (excluding diaryl/α,β-unsaturated/α-hetero) is 1. The summed E-state index contributed by atoms with van der Waals surface area (Å²) >= 11 is 11.9. The first-order valence-corrected chi connectivity index (χ1v) is 7.56. The van der Waals surface area contributed by atoms with Crippen molar-refractivity contribution in [1.29, 1.82) is 0 Å². The smallest absolute Gasteiger partial charge is 0.170 e. The molecule has 0 fully saturated rings. The van der Waals surface area contributed by atoms with E-state index < -0.39 is 0 Å². The predicted molar refractivity (Wildman–Crippen MR) is 86.7 cm³/mol. The third-order valence-electron chi connectivity index (χ3n) is 3.00. The summed E-state index contributed by atoms with van der Waals surface area (Å²) in [4.78, 5) is 12.4. The zero-order valence-corrected chi connectivity index (χ0v) is 13.2. The summed E-state index contributed by atoms with van der Waals surface area (Å²) in [7, 11) is 0. The molecule has 0 bridgehead atoms. The SMILES string of the molecule is CCCOc1ccccc1C(=O)Cc1ccc(Cl)c(Cl)c1. The van der Waals surface area contributed by atoms with Crippen LogP contribution in [0.4, 0.5) is 0 Å². The maximum Gasteiger partial charge on any atom is 0.170 e. The van der Waals surface area contributed by atoms with Crippen LogP contribution in [0.2, 0.25) is 10.0 Å². The number of benzene rings is 2. The summed E-state index contributed by atoms with van der Waals surface area (Å²) in [5, 5.41) is 0.942. The molecule has 2 aromatic carbocycles. The number of hydrogen-bond donors (Lipinski definition) is 0. The number of carbonyl (C=O) groups excluding carboxylic acids is 1. The lowest BCUT2D eigenvalue weighted by molar-refractivity contribution is 0.0989. The molecule has 0 aromatic heterocycles. The summed E-state index contributed by atoms with van der Waals surface area (Å²) in [6, 6.07) is 12.5. The Bertz CT molecular complexity index is 638. The Kier molecular flexibility index (Phi) is 5.66. The lowest BCUT2D eigenvalue weighted by Crippen LogP contribution is -2.07. The van der Waals surface area contributed by atoms with Gasteiger partial charge in [0.2, 0.25) is 0 Å². The van der Waals surface area contributed by atoms with Gasteiger partial charge in [-0.2, -0.15) is 0 Å². The molecule has 0 aliphatic heterocycles. The molecule has 2 aromatic rings. The quantitative estimate of drug-likeness (QED) is 0.682. The van der Waals surface area contributed by atoms with E-state index in [0.29, 0.717) is 28.0 Å². The molecule has 0 amide bonds. The number of para-hydroxylation sites is 1. The van der Waals surface area contributed by atoms with Gasteiger partial charge in [0.1, 0.15) is 5.75 Å². The molecule has 4 heteroatoms. The fourth-order valence-electron chi connectivity index (χ4n) is 1.97. The Hall–Kier alpha value is -1.51. The molecule has 0 spiro atoms. The Balaban J connectivity index is 2.18. The van der Waals surface area contributed by atoms with Crippen LogP contribution in [-0.2, 0) is 6.42 Å². The standard InChI is InChI=1S/C17H16Cl2O2/c1-2-9-21-17-6-4-3-5-13(17)16(20)11-12-7-8-14(18)15(19)10-12/h3-8,10H,2,9,11H2,1H3. The van der Waals surface area contributed by atoms with E-state index in [1.807, 2.05) is 31.2 Å². The van der Waals surface area contributed by atoms with Crippen molar-refractivity contribution in [3.05, 3.63) is 63.6 Å². The van der Waals surface area contributed by atoms with Crippen molar-refractivity contribution < 1.29 is 9.53 Å². The second kappa shape index (κ2) is 7.48. The van der Waals surface area contributed by atoms with E-state index in [0.717, 1.165) is 12.0 Å². The Morgan fingerprint density at radius 3 is 2.57 bits per heavy atom. The lowest BCUT2D eigenvalue weighted by Gasteiger charge is -2.10. The van der Waals surface area contributed by atoms with Crippen LogP contribution in [0.1, 0.15) is 29.3 Å². The first kappa shape index (κ1) is 15.9. The fourth-order valence-corrected chi connectivity index (χ4v) is 2.29. The summed E-state index contributed by atoms with van der Waals surface area (Å²) in [6.07, 6.45) is 1.17. The highest BCUT2D eigenvalue weighted by Gasteiger charge is 2.13. The van der Waals surface area contributed by atoms with Crippen molar-refractivity contribution in [1.82, 2.24) is 0 Å². The first-order valence-electron chi connectivity index (χ1n) is 6.80. The minimum atomic E-state index is 0.0000853. The van der Waals surface area contributed by atoms with Gasteiger partial charge in [-0.15, -0.1) is 0 Å². The molecule has 0 heterocycles. The molecule has 2 rings (SSSR count). The van der Waals surface area contributed by atoms with Crippen LogP contribution in [0.3, 0.4) is 0 Å². The summed E-state index contributed by atoms with van der Waals surface area (Å²) < 4.78 is 5.62. The number of carbonyl (C=O) groups is 1. The van der Waals surface area contributed by atoms with E-state index in [9.17, 15) is 4.79 Å². The molecule has 0 aliphatic rings. The molecular formula is C17H16Cl2O2. The van der Waals surface area contributed by atoms with E-state index >= 15 is 0 Å². The molecular weight excluding hydrogens is 307 g/mol. The highest BCUT2D eigenvalue weighted by molar-refractivity contribution is 6.42. The molecule has 0 saturated carbocycles. The minimum Gasteiger partial charge on any atom is -0.493 e. The van der Waals surface area contributed by atoms with Gasteiger partial charge >= 0.3 is 0 Å². The van der Waals surface area contributed by atoms with Gasteiger partial charge in [-0.05, 0) is 36.2 Å². The first-order chi connectivity index (χ1) is 10.1. The van der Waals surface area contributed by atoms with Crippen molar-refractivity contribution in [2.24, 2.45) is 0 Å². The highest BCUT2D eigenvalue weighted by Crippen LogP contribution is 2.25. The van der Waals surface area contributed by atoms with Crippen molar-refractivity contribution in [2.75, 3.05) is 6.61 Å². The van der Waals surface area contributed by atoms with Crippen LogP contribution < -0.4 is 4.74 Å². The molecule has 110 valence electrons. The van der Waals surface area contributed by atoms with Crippen LogP contribution >= 0.6 is 23.2 Å². The van der Waals surface area contributed by atoms with Gasteiger partial charge in [0, 0.05) is 6.42 Å².